The summed E-state index contributed by atoms with van der Waals surface area (Å²) in [6, 6.07) is 9.28. The fraction of sp³-hybridized carbons (Fsp3) is 0.542. The molecule has 0 amide bonds. The molecule has 0 unspecified atom stereocenters. The first-order valence-corrected chi connectivity index (χ1v) is 11.5. The van der Waals surface area contributed by atoms with Crippen molar-refractivity contribution in [3.63, 3.8) is 0 Å². The topological polar surface area (TPSA) is 98.5 Å². The highest BCUT2D eigenvalue weighted by molar-refractivity contribution is 5.74. The standard InChI is InChI=1S/C24H31N7O2/c1-4-33-24(32)20-14-19(15-25)31(23(20)21-7-5-6-8-26-21)16-18-13-22(28-17(2)27-18)30-11-9-29(3)10-12-30/h5-8,13,19-20,23H,4,9-12,14,16H2,1-3H3/t19-,20-,23+/m1/s1. The second kappa shape index (κ2) is 10.2. The molecule has 0 aromatic carbocycles. The summed E-state index contributed by atoms with van der Waals surface area (Å²) >= 11 is 0. The average molecular weight is 450 g/mol. The van der Waals surface area contributed by atoms with Gasteiger partial charge in [-0.1, -0.05) is 6.07 Å². The van der Waals surface area contributed by atoms with Gasteiger partial charge in [0.1, 0.15) is 11.6 Å². The molecular weight excluding hydrogens is 418 g/mol. The van der Waals surface area contributed by atoms with E-state index in [1.54, 1.807) is 13.1 Å². The van der Waals surface area contributed by atoms with E-state index >= 15 is 0 Å². The molecule has 3 atom stereocenters. The molecule has 4 rings (SSSR count). The zero-order chi connectivity index (χ0) is 23.4. The Kier molecular flexibility index (Phi) is 7.16. The fourth-order valence-corrected chi connectivity index (χ4v) is 4.74. The summed E-state index contributed by atoms with van der Waals surface area (Å²) in [4.78, 5) is 33.3. The minimum atomic E-state index is -0.454. The molecule has 0 N–H and O–H groups in total. The molecule has 0 radical (unpaired) electrons. The van der Waals surface area contributed by atoms with E-state index in [0.717, 1.165) is 43.4 Å². The SMILES string of the molecule is CCOC(=O)[C@@H]1C[C@H](C#N)N(Cc2cc(N3CCN(C)CC3)nc(C)n2)[C@@H]1c1ccccn1. The Balaban J connectivity index is 1.64. The molecule has 9 heteroatoms. The van der Waals surface area contributed by atoms with Gasteiger partial charge in [0.2, 0.25) is 0 Å². The molecule has 2 saturated heterocycles. The summed E-state index contributed by atoms with van der Waals surface area (Å²) in [5.74, 6) is 0.873. The number of nitriles is 1. The Morgan fingerprint density at radius 3 is 2.70 bits per heavy atom. The van der Waals surface area contributed by atoms with Crippen molar-refractivity contribution in [2.45, 2.75) is 38.9 Å². The lowest BCUT2D eigenvalue weighted by molar-refractivity contribution is -0.149. The van der Waals surface area contributed by atoms with Crippen LogP contribution in [0.1, 0.15) is 36.6 Å². The van der Waals surface area contributed by atoms with Gasteiger partial charge in [0.05, 0.1) is 42.1 Å². The summed E-state index contributed by atoms with van der Waals surface area (Å²) in [7, 11) is 2.13. The van der Waals surface area contributed by atoms with E-state index in [1.807, 2.05) is 36.1 Å². The smallest absolute Gasteiger partial charge is 0.311 e. The Morgan fingerprint density at radius 1 is 1.24 bits per heavy atom. The van der Waals surface area contributed by atoms with E-state index in [0.29, 0.717) is 25.4 Å². The predicted octanol–water partition coefficient (Wildman–Crippen LogP) is 1.95. The van der Waals surface area contributed by atoms with Gasteiger partial charge in [-0.2, -0.15) is 5.26 Å². The number of aryl methyl sites for hydroxylation is 1. The number of carbonyl (C=O) groups is 1. The van der Waals surface area contributed by atoms with Gasteiger partial charge in [-0.25, -0.2) is 9.97 Å². The summed E-state index contributed by atoms with van der Waals surface area (Å²) in [5, 5.41) is 9.94. The average Bonchev–Trinajstić information content (AvgIpc) is 3.18. The lowest BCUT2D eigenvalue weighted by Crippen LogP contribution is -2.45. The molecule has 0 saturated carbocycles. The number of likely N-dealkylation sites (tertiary alicyclic amines) is 1. The number of piperazine rings is 1. The molecule has 4 heterocycles. The molecule has 2 aromatic heterocycles. The van der Waals surface area contributed by atoms with Gasteiger partial charge in [0, 0.05) is 45.0 Å². The number of hydrogen-bond acceptors (Lipinski definition) is 9. The number of rotatable bonds is 6. The molecule has 0 aliphatic carbocycles. The Labute approximate surface area is 195 Å². The van der Waals surface area contributed by atoms with Crippen LogP contribution in [0, 0.1) is 24.2 Å². The number of aromatic nitrogens is 3. The van der Waals surface area contributed by atoms with Crippen LogP contribution in [0.25, 0.3) is 0 Å². The van der Waals surface area contributed by atoms with E-state index in [4.69, 9.17) is 4.74 Å². The quantitative estimate of drug-likeness (QED) is 0.613. The first-order chi connectivity index (χ1) is 16.0. The van der Waals surface area contributed by atoms with Gasteiger partial charge < -0.3 is 14.5 Å². The number of nitrogens with zero attached hydrogens (tertiary/aromatic N) is 7. The third-order valence-electron chi connectivity index (χ3n) is 6.39. The number of ether oxygens (including phenoxy) is 1. The fourth-order valence-electron chi connectivity index (χ4n) is 4.74. The van der Waals surface area contributed by atoms with Gasteiger partial charge in [-0.05, 0) is 39.4 Å². The normalized spacial score (nSPS) is 23.9. The third-order valence-corrected chi connectivity index (χ3v) is 6.39. The Bertz CT molecular complexity index is 1000. The van der Waals surface area contributed by atoms with Crippen molar-refractivity contribution in [2.75, 3.05) is 44.7 Å². The minimum Gasteiger partial charge on any atom is -0.466 e. The van der Waals surface area contributed by atoms with Gasteiger partial charge >= 0.3 is 5.97 Å². The predicted molar refractivity (Wildman–Crippen MR) is 123 cm³/mol. The first kappa shape index (κ1) is 23.1. The molecule has 33 heavy (non-hydrogen) atoms. The third kappa shape index (κ3) is 5.13. The van der Waals surface area contributed by atoms with Crippen molar-refractivity contribution in [3.8, 4) is 6.07 Å². The Hall–Kier alpha value is -3.09. The number of anilines is 1. The van der Waals surface area contributed by atoms with Crippen LogP contribution in [0.2, 0.25) is 0 Å². The van der Waals surface area contributed by atoms with Crippen molar-refractivity contribution in [1.29, 1.82) is 5.26 Å². The number of carbonyl (C=O) groups excluding carboxylic acids is 1. The highest BCUT2D eigenvalue weighted by Gasteiger charge is 2.47. The van der Waals surface area contributed by atoms with Crippen LogP contribution in [-0.4, -0.2) is 76.6 Å². The van der Waals surface area contributed by atoms with Crippen LogP contribution >= 0.6 is 0 Å². The van der Waals surface area contributed by atoms with Crippen LogP contribution < -0.4 is 4.90 Å². The molecule has 2 aliphatic rings. The van der Waals surface area contributed by atoms with Gasteiger partial charge in [-0.3, -0.25) is 14.7 Å². The lowest BCUT2D eigenvalue weighted by Gasteiger charge is -2.33. The van der Waals surface area contributed by atoms with Crippen molar-refractivity contribution in [1.82, 2.24) is 24.8 Å². The molecule has 0 bridgehead atoms. The molecule has 9 nitrogen and oxygen atoms in total. The van der Waals surface area contributed by atoms with E-state index in [2.05, 4.69) is 37.9 Å². The highest BCUT2D eigenvalue weighted by atomic mass is 16.5. The van der Waals surface area contributed by atoms with Crippen LogP contribution in [0.3, 0.4) is 0 Å². The van der Waals surface area contributed by atoms with E-state index in [1.165, 1.54) is 0 Å². The van der Waals surface area contributed by atoms with Crippen LogP contribution in [0.5, 0.6) is 0 Å². The Morgan fingerprint density at radius 2 is 2.03 bits per heavy atom. The first-order valence-electron chi connectivity index (χ1n) is 11.5. The van der Waals surface area contributed by atoms with Crippen molar-refractivity contribution < 1.29 is 9.53 Å². The number of hydrogen-bond donors (Lipinski definition) is 0. The molecule has 174 valence electrons. The monoisotopic (exact) mass is 449 g/mol. The van der Waals surface area contributed by atoms with Crippen molar-refractivity contribution in [2.24, 2.45) is 5.92 Å². The van der Waals surface area contributed by atoms with E-state index in [-0.39, 0.29) is 12.0 Å². The van der Waals surface area contributed by atoms with Gasteiger partial charge in [-0.15, -0.1) is 0 Å². The van der Waals surface area contributed by atoms with Crippen LogP contribution in [0.15, 0.2) is 30.5 Å². The molecule has 2 aromatic rings. The van der Waals surface area contributed by atoms with Crippen molar-refractivity contribution >= 4 is 11.8 Å². The molecule has 2 fully saturated rings. The maximum Gasteiger partial charge on any atom is 0.311 e. The largest absolute Gasteiger partial charge is 0.466 e. The molecular formula is C24H31N7O2. The van der Waals surface area contributed by atoms with Crippen molar-refractivity contribution in [3.05, 3.63) is 47.7 Å². The highest BCUT2D eigenvalue weighted by Crippen LogP contribution is 2.42. The lowest BCUT2D eigenvalue weighted by atomic mass is 9.96. The van der Waals surface area contributed by atoms with E-state index in [9.17, 15) is 10.1 Å². The molecule has 0 spiro atoms. The van der Waals surface area contributed by atoms with Crippen LogP contribution in [-0.2, 0) is 16.1 Å². The number of likely N-dealkylation sites (N-methyl/N-ethyl adjacent to an activating group) is 1. The number of esters is 1. The second-order valence-corrected chi connectivity index (χ2v) is 8.67. The van der Waals surface area contributed by atoms with Gasteiger partial charge in [0.15, 0.2) is 0 Å². The second-order valence-electron chi connectivity index (χ2n) is 8.67. The summed E-state index contributed by atoms with van der Waals surface area (Å²) in [6.45, 7) is 8.24. The zero-order valence-corrected chi connectivity index (χ0v) is 19.5. The van der Waals surface area contributed by atoms with E-state index < -0.39 is 12.0 Å². The summed E-state index contributed by atoms with van der Waals surface area (Å²) in [6.07, 6.45) is 2.13. The zero-order valence-electron chi connectivity index (χ0n) is 19.5. The minimum absolute atomic E-state index is 0.284. The maximum absolute atomic E-state index is 12.8. The molecule has 2 aliphatic heterocycles. The van der Waals surface area contributed by atoms with Crippen LogP contribution in [0.4, 0.5) is 5.82 Å². The number of pyridine rings is 1. The summed E-state index contributed by atoms with van der Waals surface area (Å²) < 4.78 is 5.36. The van der Waals surface area contributed by atoms with Gasteiger partial charge in [0.25, 0.3) is 0 Å². The maximum atomic E-state index is 12.8. The summed E-state index contributed by atoms with van der Waals surface area (Å²) in [5.41, 5.74) is 1.60.